The lowest BCUT2D eigenvalue weighted by Crippen LogP contribution is -2.18. The van der Waals surface area contributed by atoms with Crippen LogP contribution >= 0.6 is 27.5 Å². The minimum absolute atomic E-state index is 0.0225. The van der Waals surface area contributed by atoms with Gasteiger partial charge in [-0.1, -0.05) is 33.6 Å². The van der Waals surface area contributed by atoms with Crippen molar-refractivity contribution < 1.29 is 19.0 Å². The standard InChI is InChI=1S/C17H18BrClFNO3/c1-23-16-6-5-13(18)11(9-21-7-8-22)17(16)24-10-12-14(19)3-2-4-15(12)20/h2-6,21-22H,7-10H2,1H3. The van der Waals surface area contributed by atoms with E-state index >= 15 is 0 Å². The Morgan fingerprint density at radius 2 is 2.04 bits per heavy atom. The van der Waals surface area contributed by atoms with E-state index in [0.29, 0.717) is 29.6 Å². The van der Waals surface area contributed by atoms with E-state index in [4.69, 9.17) is 26.2 Å². The summed E-state index contributed by atoms with van der Waals surface area (Å²) in [6.07, 6.45) is 0. The average Bonchev–Trinajstić information content (AvgIpc) is 2.56. The molecule has 0 saturated carbocycles. The minimum atomic E-state index is -0.420. The fraction of sp³-hybridized carbons (Fsp3) is 0.294. The fourth-order valence-corrected chi connectivity index (χ4v) is 2.84. The van der Waals surface area contributed by atoms with Gasteiger partial charge in [-0.25, -0.2) is 4.39 Å². The molecule has 0 saturated heterocycles. The van der Waals surface area contributed by atoms with Crippen molar-refractivity contribution in [2.45, 2.75) is 13.2 Å². The zero-order valence-corrected chi connectivity index (χ0v) is 15.5. The van der Waals surface area contributed by atoms with Gasteiger partial charge < -0.3 is 19.9 Å². The molecule has 4 nitrogen and oxygen atoms in total. The molecule has 2 rings (SSSR count). The largest absolute Gasteiger partial charge is 0.493 e. The molecule has 0 atom stereocenters. The maximum absolute atomic E-state index is 13.9. The molecular weight excluding hydrogens is 401 g/mol. The van der Waals surface area contributed by atoms with Crippen molar-refractivity contribution in [1.29, 1.82) is 0 Å². The highest BCUT2D eigenvalue weighted by Crippen LogP contribution is 2.37. The SMILES string of the molecule is COc1ccc(Br)c(CNCCO)c1OCc1c(F)cccc1Cl. The van der Waals surface area contributed by atoms with Gasteiger partial charge >= 0.3 is 0 Å². The summed E-state index contributed by atoms with van der Waals surface area (Å²) in [5.74, 6) is 0.611. The van der Waals surface area contributed by atoms with E-state index in [2.05, 4.69) is 21.2 Å². The second kappa shape index (κ2) is 9.22. The molecule has 0 aliphatic rings. The van der Waals surface area contributed by atoms with Crippen LogP contribution in [0.25, 0.3) is 0 Å². The third-order valence-corrected chi connectivity index (χ3v) is 4.50. The van der Waals surface area contributed by atoms with Crippen LogP contribution in [0.1, 0.15) is 11.1 Å². The predicted molar refractivity (Wildman–Crippen MR) is 95.2 cm³/mol. The number of hydrogen-bond acceptors (Lipinski definition) is 4. The topological polar surface area (TPSA) is 50.7 Å². The molecule has 24 heavy (non-hydrogen) atoms. The van der Waals surface area contributed by atoms with Crippen LogP contribution in [-0.4, -0.2) is 25.4 Å². The molecular formula is C17H18BrClFNO3. The molecule has 0 amide bonds. The summed E-state index contributed by atoms with van der Waals surface area (Å²) in [4.78, 5) is 0. The molecule has 130 valence electrons. The average molecular weight is 419 g/mol. The first-order valence-corrected chi connectivity index (χ1v) is 8.48. The predicted octanol–water partition coefficient (Wildman–Crippen LogP) is 3.91. The van der Waals surface area contributed by atoms with Crippen LogP contribution in [-0.2, 0) is 13.2 Å². The number of halogens is 3. The van der Waals surface area contributed by atoms with Crippen LogP contribution in [0.3, 0.4) is 0 Å². The Kier molecular flexibility index (Phi) is 7.30. The minimum Gasteiger partial charge on any atom is -0.493 e. The van der Waals surface area contributed by atoms with E-state index in [1.807, 2.05) is 6.07 Å². The summed E-state index contributed by atoms with van der Waals surface area (Å²) in [7, 11) is 1.54. The monoisotopic (exact) mass is 417 g/mol. The Hall–Kier alpha value is -1.34. The van der Waals surface area contributed by atoms with Gasteiger partial charge in [0.05, 0.1) is 18.7 Å². The molecule has 0 radical (unpaired) electrons. The quantitative estimate of drug-likeness (QED) is 0.638. The second-order valence-corrected chi connectivity index (χ2v) is 6.21. The van der Waals surface area contributed by atoms with E-state index in [-0.39, 0.29) is 18.8 Å². The summed E-state index contributed by atoms with van der Waals surface area (Å²) in [6.45, 7) is 0.912. The molecule has 2 N–H and O–H groups in total. The van der Waals surface area contributed by atoms with Gasteiger partial charge in [0.15, 0.2) is 11.5 Å². The molecule has 0 bridgehead atoms. The van der Waals surface area contributed by atoms with E-state index in [1.165, 1.54) is 13.2 Å². The maximum atomic E-state index is 13.9. The Balaban J connectivity index is 2.28. The lowest BCUT2D eigenvalue weighted by molar-refractivity contribution is 0.273. The van der Waals surface area contributed by atoms with Crippen LogP contribution in [0.15, 0.2) is 34.8 Å². The molecule has 0 unspecified atom stereocenters. The van der Waals surface area contributed by atoms with Gasteiger partial charge in [0.2, 0.25) is 0 Å². The Labute approximate surface area is 153 Å². The highest BCUT2D eigenvalue weighted by atomic mass is 79.9. The lowest BCUT2D eigenvalue weighted by Gasteiger charge is -2.17. The third kappa shape index (κ3) is 4.60. The molecule has 0 aliphatic carbocycles. The highest BCUT2D eigenvalue weighted by Gasteiger charge is 2.16. The summed E-state index contributed by atoms with van der Waals surface area (Å²) in [5.41, 5.74) is 1.10. The van der Waals surface area contributed by atoms with Crippen LogP contribution in [0.4, 0.5) is 4.39 Å². The molecule has 0 fully saturated rings. The molecule has 0 spiro atoms. The van der Waals surface area contributed by atoms with Crippen LogP contribution in [0.5, 0.6) is 11.5 Å². The van der Waals surface area contributed by atoms with Crippen molar-refractivity contribution in [2.24, 2.45) is 0 Å². The third-order valence-electron chi connectivity index (χ3n) is 3.40. The van der Waals surface area contributed by atoms with E-state index in [9.17, 15) is 4.39 Å². The molecule has 0 aliphatic heterocycles. The van der Waals surface area contributed by atoms with Crippen molar-refractivity contribution in [3.05, 3.63) is 56.8 Å². The van der Waals surface area contributed by atoms with Crippen molar-refractivity contribution in [3.8, 4) is 11.5 Å². The van der Waals surface area contributed by atoms with Gasteiger partial charge in [0.25, 0.3) is 0 Å². The number of aliphatic hydroxyl groups excluding tert-OH is 1. The number of methoxy groups -OCH3 is 1. The second-order valence-electron chi connectivity index (χ2n) is 4.95. The van der Waals surface area contributed by atoms with E-state index < -0.39 is 5.82 Å². The van der Waals surface area contributed by atoms with Gasteiger partial charge in [-0.2, -0.15) is 0 Å². The van der Waals surface area contributed by atoms with E-state index in [1.54, 1.807) is 18.2 Å². The van der Waals surface area contributed by atoms with Crippen LogP contribution < -0.4 is 14.8 Å². The molecule has 2 aromatic rings. The number of benzene rings is 2. The summed E-state index contributed by atoms with van der Waals surface area (Å²) in [5, 5.41) is 12.3. The number of hydrogen-bond donors (Lipinski definition) is 2. The zero-order chi connectivity index (χ0) is 17.5. The molecule has 2 aromatic carbocycles. The highest BCUT2D eigenvalue weighted by molar-refractivity contribution is 9.10. The molecule has 7 heteroatoms. The van der Waals surface area contributed by atoms with E-state index in [0.717, 1.165) is 10.0 Å². The summed E-state index contributed by atoms with van der Waals surface area (Å²) >= 11 is 9.52. The Morgan fingerprint density at radius 1 is 1.25 bits per heavy atom. The number of aliphatic hydroxyl groups is 1. The summed E-state index contributed by atoms with van der Waals surface area (Å²) < 4.78 is 25.9. The Bertz CT molecular complexity index is 680. The normalized spacial score (nSPS) is 10.7. The van der Waals surface area contributed by atoms with Gasteiger partial charge in [-0.05, 0) is 24.3 Å². The molecule has 0 heterocycles. The lowest BCUT2D eigenvalue weighted by atomic mass is 10.1. The van der Waals surface area contributed by atoms with Gasteiger partial charge in [0.1, 0.15) is 12.4 Å². The van der Waals surface area contributed by atoms with Crippen LogP contribution in [0, 0.1) is 5.82 Å². The first-order valence-electron chi connectivity index (χ1n) is 7.31. The smallest absolute Gasteiger partial charge is 0.167 e. The first-order chi connectivity index (χ1) is 11.6. The number of nitrogens with one attached hydrogen (secondary N) is 1. The van der Waals surface area contributed by atoms with Crippen molar-refractivity contribution in [3.63, 3.8) is 0 Å². The number of ether oxygens (including phenoxy) is 2. The fourth-order valence-electron chi connectivity index (χ4n) is 2.17. The van der Waals surface area contributed by atoms with Gasteiger partial charge in [-0.3, -0.25) is 0 Å². The maximum Gasteiger partial charge on any atom is 0.167 e. The van der Waals surface area contributed by atoms with Gasteiger partial charge in [-0.15, -0.1) is 0 Å². The zero-order valence-electron chi connectivity index (χ0n) is 13.1. The Morgan fingerprint density at radius 3 is 2.71 bits per heavy atom. The van der Waals surface area contributed by atoms with Gasteiger partial charge in [0, 0.05) is 28.7 Å². The molecule has 0 aromatic heterocycles. The number of rotatable bonds is 8. The van der Waals surface area contributed by atoms with Crippen molar-refractivity contribution in [2.75, 3.05) is 20.3 Å². The van der Waals surface area contributed by atoms with Crippen molar-refractivity contribution >= 4 is 27.5 Å². The first kappa shape index (κ1) is 19.0. The summed E-state index contributed by atoms with van der Waals surface area (Å²) in [6, 6.07) is 8.11. The van der Waals surface area contributed by atoms with Crippen molar-refractivity contribution in [1.82, 2.24) is 5.32 Å². The van der Waals surface area contributed by atoms with Crippen LogP contribution in [0.2, 0.25) is 5.02 Å².